The van der Waals surface area contributed by atoms with E-state index in [4.69, 9.17) is 0 Å². The number of ketones is 1. The number of allylic oxidation sites excluding steroid dienone is 4. The Balaban J connectivity index is 2.59. The highest BCUT2D eigenvalue weighted by molar-refractivity contribution is 6.06. The molecule has 0 heterocycles. The Morgan fingerprint density at radius 1 is 1.19 bits per heavy atom. The van der Waals surface area contributed by atoms with Gasteiger partial charge in [-0.2, -0.15) is 0 Å². The minimum Gasteiger partial charge on any atom is -0.295 e. The third kappa shape index (κ3) is 1.85. The van der Waals surface area contributed by atoms with Crippen LogP contribution < -0.4 is 0 Å². The highest BCUT2D eigenvalue weighted by atomic mass is 16.1. The van der Waals surface area contributed by atoms with E-state index in [1.807, 2.05) is 12.1 Å². The van der Waals surface area contributed by atoms with Crippen molar-refractivity contribution in [3.63, 3.8) is 0 Å². The molecule has 1 aliphatic carbocycles. The fourth-order valence-corrected chi connectivity index (χ4v) is 2.15. The molecule has 0 aliphatic heterocycles. The van der Waals surface area contributed by atoms with Crippen LogP contribution in [-0.2, 0) is 11.2 Å². The predicted octanol–water partition coefficient (Wildman–Crippen LogP) is 3.55. The molecule has 2 rings (SSSR count). The fourth-order valence-electron chi connectivity index (χ4n) is 2.15. The van der Waals surface area contributed by atoms with Crippen LogP contribution in [0.3, 0.4) is 0 Å². The van der Waals surface area contributed by atoms with Crippen molar-refractivity contribution in [3.8, 4) is 0 Å². The Kier molecular flexibility index (Phi) is 2.78. The maximum absolute atomic E-state index is 11.6. The molecule has 0 spiro atoms. The summed E-state index contributed by atoms with van der Waals surface area (Å²) in [5.74, 6) is 0.184. The lowest BCUT2D eigenvalue weighted by Gasteiger charge is -2.02. The van der Waals surface area contributed by atoms with E-state index in [1.165, 1.54) is 16.7 Å². The predicted molar refractivity (Wildman–Crippen MR) is 67.2 cm³/mol. The first kappa shape index (κ1) is 10.9. The van der Waals surface area contributed by atoms with Crippen LogP contribution in [0.4, 0.5) is 0 Å². The number of hydrogen-bond donors (Lipinski definition) is 0. The normalized spacial score (nSPS) is 13.7. The van der Waals surface area contributed by atoms with Gasteiger partial charge in [0.1, 0.15) is 0 Å². The van der Waals surface area contributed by atoms with Crippen LogP contribution in [0.25, 0.3) is 5.57 Å². The van der Waals surface area contributed by atoms with Gasteiger partial charge < -0.3 is 0 Å². The molecule has 16 heavy (non-hydrogen) atoms. The molecule has 0 N–H and O–H groups in total. The Morgan fingerprint density at radius 3 is 2.50 bits per heavy atom. The third-order valence-corrected chi connectivity index (χ3v) is 2.86. The van der Waals surface area contributed by atoms with E-state index in [-0.39, 0.29) is 5.78 Å². The van der Waals surface area contributed by atoms with Crippen molar-refractivity contribution in [3.05, 3.63) is 52.6 Å². The van der Waals surface area contributed by atoms with Crippen molar-refractivity contribution < 1.29 is 4.79 Å². The van der Waals surface area contributed by atoms with Gasteiger partial charge in [-0.25, -0.2) is 0 Å². The smallest absolute Gasteiger partial charge is 0.156 e. The van der Waals surface area contributed by atoms with E-state index in [0.717, 1.165) is 17.6 Å². The summed E-state index contributed by atoms with van der Waals surface area (Å²) in [6.45, 7) is 5.78. The summed E-state index contributed by atoms with van der Waals surface area (Å²) in [5, 5.41) is 0. The molecule has 0 radical (unpaired) electrons. The van der Waals surface area contributed by atoms with E-state index in [2.05, 4.69) is 32.1 Å². The second kappa shape index (κ2) is 4.09. The highest BCUT2D eigenvalue weighted by Gasteiger charge is 2.21. The summed E-state index contributed by atoms with van der Waals surface area (Å²) < 4.78 is 0. The average Bonchev–Trinajstić information content (AvgIpc) is 2.57. The number of fused-ring (bicyclic) bond motifs is 1. The van der Waals surface area contributed by atoms with Crippen molar-refractivity contribution in [2.45, 2.75) is 27.2 Å². The van der Waals surface area contributed by atoms with Gasteiger partial charge in [-0.05, 0) is 37.5 Å². The SMILES string of the molecule is CC(=O)C1=C(C=C(C)C)c2ccccc2C1. The molecule has 1 aliphatic rings. The Labute approximate surface area is 96.5 Å². The van der Waals surface area contributed by atoms with Crippen LogP contribution in [0.5, 0.6) is 0 Å². The van der Waals surface area contributed by atoms with E-state index in [1.54, 1.807) is 6.92 Å². The number of rotatable bonds is 2. The van der Waals surface area contributed by atoms with Crippen LogP contribution in [0.2, 0.25) is 0 Å². The van der Waals surface area contributed by atoms with Crippen LogP contribution in [0, 0.1) is 0 Å². The van der Waals surface area contributed by atoms with Gasteiger partial charge in [0.2, 0.25) is 0 Å². The molecule has 1 heteroatoms. The molecule has 1 nitrogen and oxygen atoms in total. The molecule has 0 aromatic heterocycles. The molecule has 0 bridgehead atoms. The van der Waals surface area contributed by atoms with Crippen molar-refractivity contribution in [1.82, 2.24) is 0 Å². The van der Waals surface area contributed by atoms with Gasteiger partial charge in [0.05, 0.1) is 0 Å². The number of carbonyl (C=O) groups is 1. The number of hydrogen-bond acceptors (Lipinski definition) is 1. The Hall–Kier alpha value is -1.63. The second-order valence-electron chi connectivity index (χ2n) is 4.50. The van der Waals surface area contributed by atoms with E-state index in [9.17, 15) is 4.79 Å². The van der Waals surface area contributed by atoms with Crippen LogP contribution in [0.1, 0.15) is 31.9 Å². The van der Waals surface area contributed by atoms with E-state index >= 15 is 0 Å². The first-order chi connectivity index (χ1) is 7.59. The zero-order valence-electron chi connectivity index (χ0n) is 10.0. The first-order valence-electron chi connectivity index (χ1n) is 5.57. The maximum atomic E-state index is 11.6. The lowest BCUT2D eigenvalue weighted by Crippen LogP contribution is -1.97. The number of carbonyl (C=O) groups excluding carboxylic acids is 1. The van der Waals surface area contributed by atoms with Gasteiger partial charge in [-0.3, -0.25) is 4.79 Å². The van der Waals surface area contributed by atoms with Gasteiger partial charge in [0.25, 0.3) is 0 Å². The quantitative estimate of drug-likeness (QED) is 0.732. The van der Waals surface area contributed by atoms with Crippen molar-refractivity contribution >= 4 is 11.4 Å². The van der Waals surface area contributed by atoms with Crippen molar-refractivity contribution in [2.24, 2.45) is 0 Å². The second-order valence-corrected chi connectivity index (χ2v) is 4.50. The van der Waals surface area contributed by atoms with Gasteiger partial charge in [-0.1, -0.05) is 35.9 Å². The summed E-state index contributed by atoms with van der Waals surface area (Å²) >= 11 is 0. The summed E-state index contributed by atoms with van der Waals surface area (Å²) in [6.07, 6.45) is 2.90. The highest BCUT2D eigenvalue weighted by Crippen LogP contribution is 2.34. The van der Waals surface area contributed by atoms with Crippen LogP contribution >= 0.6 is 0 Å². The van der Waals surface area contributed by atoms with Gasteiger partial charge in [0, 0.05) is 12.0 Å². The molecule has 0 unspecified atom stereocenters. The molecule has 82 valence electrons. The topological polar surface area (TPSA) is 17.1 Å². The Bertz CT molecular complexity index is 500. The zero-order chi connectivity index (χ0) is 11.7. The zero-order valence-corrected chi connectivity index (χ0v) is 10.0. The molecule has 0 atom stereocenters. The van der Waals surface area contributed by atoms with Gasteiger partial charge in [-0.15, -0.1) is 0 Å². The minimum atomic E-state index is 0.184. The molecule has 1 aromatic rings. The van der Waals surface area contributed by atoms with E-state index < -0.39 is 0 Å². The summed E-state index contributed by atoms with van der Waals surface area (Å²) in [5.41, 5.74) is 5.77. The summed E-state index contributed by atoms with van der Waals surface area (Å²) in [6, 6.07) is 8.26. The largest absolute Gasteiger partial charge is 0.295 e. The molecule has 1 aromatic carbocycles. The molecular formula is C15H16O. The lowest BCUT2D eigenvalue weighted by atomic mass is 10.0. The monoisotopic (exact) mass is 212 g/mol. The lowest BCUT2D eigenvalue weighted by molar-refractivity contribution is -0.113. The van der Waals surface area contributed by atoms with Crippen molar-refractivity contribution in [1.29, 1.82) is 0 Å². The standard InChI is InChI=1S/C15H16O/c1-10(2)8-15-13-7-5-4-6-12(13)9-14(15)11(3)16/h4-8H,9H2,1-3H3. The third-order valence-electron chi connectivity index (χ3n) is 2.86. The summed E-state index contributed by atoms with van der Waals surface area (Å²) in [7, 11) is 0. The molecule has 0 saturated carbocycles. The molecule has 0 fully saturated rings. The minimum absolute atomic E-state index is 0.184. The summed E-state index contributed by atoms with van der Waals surface area (Å²) in [4.78, 5) is 11.6. The van der Waals surface area contributed by atoms with Crippen LogP contribution in [0.15, 0.2) is 41.5 Å². The van der Waals surface area contributed by atoms with Crippen LogP contribution in [-0.4, -0.2) is 5.78 Å². The Morgan fingerprint density at radius 2 is 1.88 bits per heavy atom. The number of benzene rings is 1. The molecule has 0 amide bonds. The van der Waals surface area contributed by atoms with Gasteiger partial charge in [0.15, 0.2) is 5.78 Å². The molecule has 0 saturated heterocycles. The molecular weight excluding hydrogens is 196 g/mol. The van der Waals surface area contributed by atoms with Crippen molar-refractivity contribution in [2.75, 3.05) is 0 Å². The first-order valence-corrected chi connectivity index (χ1v) is 5.57. The van der Waals surface area contributed by atoms with Gasteiger partial charge >= 0.3 is 0 Å². The number of Topliss-reactive ketones (excluding diaryl/α,β-unsaturated/α-hetero) is 1. The fraction of sp³-hybridized carbons (Fsp3) is 0.267. The maximum Gasteiger partial charge on any atom is 0.156 e. The van der Waals surface area contributed by atoms with E-state index in [0.29, 0.717) is 0 Å². The average molecular weight is 212 g/mol.